The minimum absolute atomic E-state index is 0.0386. The highest BCUT2D eigenvalue weighted by atomic mass is 79.9. The summed E-state index contributed by atoms with van der Waals surface area (Å²) in [4.78, 5) is 31.5. The molecule has 0 aliphatic carbocycles. The Labute approximate surface area is 197 Å². The van der Waals surface area contributed by atoms with E-state index < -0.39 is 29.7 Å². The standard InChI is InChI=1S/C24H19BrF2N4O2/c1-31-20-9-5-3-7-16(20)21(15-6-2-4-8-18(15)26)29-22(23(31)32)30-24(33)28-13-14-10-11-17(25)19(27)12-14/h2-12,22H,13H2,1H3,(H2,28,30,33). The number of fused-ring (bicyclic) bond motifs is 1. The third kappa shape index (κ3) is 4.78. The van der Waals surface area contributed by atoms with Gasteiger partial charge in [0.25, 0.3) is 5.91 Å². The van der Waals surface area contributed by atoms with Gasteiger partial charge in [0, 0.05) is 24.7 Å². The van der Waals surface area contributed by atoms with Crippen LogP contribution in [0.25, 0.3) is 0 Å². The summed E-state index contributed by atoms with van der Waals surface area (Å²) in [6, 6.07) is 16.9. The predicted molar refractivity (Wildman–Crippen MR) is 125 cm³/mol. The van der Waals surface area contributed by atoms with E-state index in [1.54, 1.807) is 55.6 Å². The van der Waals surface area contributed by atoms with Crippen LogP contribution in [0.5, 0.6) is 0 Å². The first-order valence-electron chi connectivity index (χ1n) is 10.0. The molecule has 1 heterocycles. The van der Waals surface area contributed by atoms with Crippen LogP contribution in [0.2, 0.25) is 0 Å². The van der Waals surface area contributed by atoms with Gasteiger partial charge in [-0.2, -0.15) is 0 Å². The van der Waals surface area contributed by atoms with Crippen LogP contribution in [-0.2, 0) is 11.3 Å². The van der Waals surface area contributed by atoms with Crippen molar-refractivity contribution in [3.63, 3.8) is 0 Å². The molecular weight excluding hydrogens is 494 g/mol. The molecule has 0 spiro atoms. The Balaban J connectivity index is 1.62. The average Bonchev–Trinajstić information content (AvgIpc) is 2.91. The van der Waals surface area contributed by atoms with Crippen molar-refractivity contribution in [3.05, 3.63) is 99.5 Å². The number of para-hydroxylation sites is 1. The Kier molecular flexibility index (Phi) is 6.50. The number of carbonyl (C=O) groups is 2. The number of benzodiazepines with no additional fused rings is 1. The van der Waals surface area contributed by atoms with Gasteiger partial charge in [0.05, 0.1) is 15.9 Å². The summed E-state index contributed by atoms with van der Waals surface area (Å²) < 4.78 is 28.7. The van der Waals surface area contributed by atoms with E-state index in [1.165, 1.54) is 23.1 Å². The zero-order chi connectivity index (χ0) is 23.5. The molecule has 3 aromatic carbocycles. The van der Waals surface area contributed by atoms with Crippen molar-refractivity contribution < 1.29 is 18.4 Å². The second-order valence-corrected chi connectivity index (χ2v) is 8.20. The third-order valence-electron chi connectivity index (χ3n) is 5.18. The van der Waals surface area contributed by atoms with Gasteiger partial charge in [0.15, 0.2) is 0 Å². The van der Waals surface area contributed by atoms with Crippen LogP contribution in [-0.4, -0.2) is 30.9 Å². The van der Waals surface area contributed by atoms with Crippen LogP contribution in [0, 0.1) is 11.6 Å². The molecule has 0 radical (unpaired) electrons. The molecular formula is C24H19BrF2N4O2. The fourth-order valence-corrected chi connectivity index (χ4v) is 3.74. The average molecular weight is 513 g/mol. The van der Waals surface area contributed by atoms with Crippen LogP contribution >= 0.6 is 15.9 Å². The zero-order valence-corrected chi connectivity index (χ0v) is 19.1. The van der Waals surface area contributed by atoms with Gasteiger partial charge in [-0.05, 0) is 51.8 Å². The summed E-state index contributed by atoms with van der Waals surface area (Å²) in [6.45, 7) is 0.0386. The molecule has 1 aliphatic heterocycles. The van der Waals surface area contributed by atoms with Crippen molar-refractivity contribution >= 4 is 39.3 Å². The highest BCUT2D eigenvalue weighted by Gasteiger charge is 2.31. The highest BCUT2D eigenvalue weighted by molar-refractivity contribution is 9.10. The summed E-state index contributed by atoms with van der Waals surface area (Å²) in [6.07, 6.45) is -1.29. The van der Waals surface area contributed by atoms with Gasteiger partial charge in [-0.1, -0.05) is 36.4 Å². The van der Waals surface area contributed by atoms with E-state index in [-0.39, 0.29) is 17.8 Å². The molecule has 4 rings (SSSR count). The number of amides is 3. The quantitative estimate of drug-likeness (QED) is 0.544. The number of hydrogen-bond acceptors (Lipinski definition) is 3. The molecule has 168 valence electrons. The number of benzene rings is 3. The monoisotopic (exact) mass is 512 g/mol. The molecule has 0 bridgehead atoms. The van der Waals surface area contributed by atoms with E-state index in [2.05, 4.69) is 31.6 Å². The maximum absolute atomic E-state index is 14.6. The molecule has 33 heavy (non-hydrogen) atoms. The second-order valence-electron chi connectivity index (χ2n) is 7.35. The Morgan fingerprint density at radius 2 is 1.73 bits per heavy atom. The molecule has 1 aliphatic rings. The summed E-state index contributed by atoms with van der Waals surface area (Å²) in [5.74, 6) is -1.44. The van der Waals surface area contributed by atoms with Gasteiger partial charge in [-0.15, -0.1) is 0 Å². The van der Waals surface area contributed by atoms with Gasteiger partial charge >= 0.3 is 6.03 Å². The summed E-state index contributed by atoms with van der Waals surface area (Å²) >= 11 is 3.08. The lowest BCUT2D eigenvalue weighted by Crippen LogP contribution is -2.49. The number of aliphatic imine (C=N–C) groups is 1. The van der Waals surface area contributed by atoms with Gasteiger partial charge in [0.2, 0.25) is 6.17 Å². The number of halogens is 3. The molecule has 3 amide bonds. The maximum Gasteiger partial charge on any atom is 0.317 e. The van der Waals surface area contributed by atoms with Gasteiger partial charge in [-0.3, -0.25) is 4.79 Å². The Hall–Kier alpha value is -3.59. The fraction of sp³-hybridized carbons (Fsp3) is 0.125. The minimum atomic E-state index is -1.29. The Morgan fingerprint density at radius 3 is 2.45 bits per heavy atom. The molecule has 6 nitrogen and oxygen atoms in total. The number of hydrogen-bond donors (Lipinski definition) is 2. The molecule has 1 unspecified atom stereocenters. The molecule has 0 saturated heterocycles. The van der Waals surface area contributed by atoms with Crippen LogP contribution in [0.4, 0.5) is 19.3 Å². The second kappa shape index (κ2) is 9.50. The predicted octanol–water partition coefficient (Wildman–Crippen LogP) is 4.37. The normalized spacial score (nSPS) is 15.4. The van der Waals surface area contributed by atoms with Crippen LogP contribution in [0.3, 0.4) is 0 Å². The summed E-state index contributed by atoms with van der Waals surface area (Å²) in [5, 5.41) is 5.12. The number of nitrogens with one attached hydrogen (secondary N) is 2. The van der Waals surface area contributed by atoms with Crippen LogP contribution < -0.4 is 15.5 Å². The van der Waals surface area contributed by atoms with E-state index in [0.717, 1.165) is 0 Å². The van der Waals surface area contributed by atoms with E-state index in [1.807, 2.05) is 0 Å². The van der Waals surface area contributed by atoms with Gasteiger partial charge in [0.1, 0.15) is 11.6 Å². The molecule has 2 N–H and O–H groups in total. The van der Waals surface area contributed by atoms with Crippen molar-refractivity contribution in [2.75, 3.05) is 11.9 Å². The Morgan fingerprint density at radius 1 is 1.03 bits per heavy atom. The van der Waals surface area contributed by atoms with E-state index >= 15 is 0 Å². The van der Waals surface area contributed by atoms with E-state index in [4.69, 9.17) is 0 Å². The lowest BCUT2D eigenvalue weighted by molar-refractivity contribution is -0.119. The largest absolute Gasteiger partial charge is 0.334 e. The number of likely N-dealkylation sites (N-methyl/N-ethyl adjacent to an activating group) is 1. The third-order valence-corrected chi connectivity index (χ3v) is 5.82. The van der Waals surface area contributed by atoms with Gasteiger partial charge in [-0.25, -0.2) is 18.6 Å². The number of nitrogens with zero attached hydrogens (tertiary/aromatic N) is 2. The first-order valence-corrected chi connectivity index (χ1v) is 10.8. The van der Waals surface area contributed by atoms with Crippen molar-refractivity contribution in [3.8, 4) is 0 Å². The number of urea groups is 1. The van der Waals surface area contributed by atoms with Crippen LogP contribution in [0.15, 0.2) is 76.2 Å². The molecule has 1 atom stereocenters. The number of carbonyl (C=O) groups excluding carboxylic acids is 2. The van der Waals surface area contributed by atoms with E-state index in [0.29, 0.717) is 21.3 Å². The summed E-state index contributed by atoms with van der Waals surface area (Å²) in [7, 11) is 1.57. The lowest BCUT2D eigenvalue weighted by atomic mass is 10.00. The topological polar surface area (TPSA) is 73.8 Å². The maximum atomic E-state index is 14.6. The first kappa shape index (κ1) is 22.6. The Bertz CT molecular complexity index is 1260. The minimum Gasteiger partial charge on any atom is -0.334 e. The smallest absolute Gasteiger partial charge is 0.317 e. The van der Waals surface area contributed by atoms with Crippen molar-refractivity contribution in [1.29, 1.82) is 0 Å². The van der Waals surface area contributed by atoms with Gasteiger partial charge < -0.3 is 15.5 Å². The molecule has 3 aromatic rings. The highest BCUT2D eigenvalue weighted by Crippen LogP contribution is 2.28. The van der Waals surface area contributed by atoms with Crippen molar-refractivity contribution in [2.24, 2.45) is 4.99 Å². The van der Waals surface area contributed by atoms with E-state index in [9.17, 15) is 18.4 Å². The molecule has 0 aromatic heterocycles. The molecule has 0 fully saturated rings. The number of rotatable bonds is 4. The lowest BCUT2D eigenvalue weighted by Gasteiger charge is -2.21. The SMILES string of the molecule is CN1C(=O)C(NC(=O)NCc2ccc(Br)c(F)c2)N=C(c2ccccc2F)c2ccccc21. The molecule has 9 heteroatoms. The van der Waals surface area contributed by atoms with Crippen LogP contribution in [0.1, 0.15) is 16.7 Å². The summed E-state index contributed by atoms with van der Waals surface area (Å²) in [5.41, 5.74) is 2.11. The van der Waals surface area contributed by atoms with Crippen molar-refractivity contribution in [2.45, 2.75) is 12.7 Å². The number of anilines is 1. The van der Waals surface area contributed by atoms with Crippen molar-refractivity contribution in [1.82, 2.24) is 10.6 Å². The fourth-order valence-electron chi connectivity index (χ4n) is 3.49. The zero-order valence-electron chi connectivity index (χ0n) is 17.5. The molecule has 0 saturated carbocycles. The first-order chi connectivity index (χ1) is 15.8.